The molecule has 2 N–H and O–H groups in total. The first kappa shape index (κ1) is 22.0. The topological polar surface area (TPSA) is 24.1 Å². The van der Waals surface area contributed by atoms with Crippen molar-refractivity contribution in [3.63, 3.8) is 0 Å². The van der Waals surface area contributed by atoms with Crippen LogP contribution in [0.25, 0.3) is 0 Å². The third-order valence-corrected chi connectivity index (χ3v) is 6.37. The van der Waals surface area contributed by atoms with Crippen molar-refractivity contribution < 1.29 is 0 Å². The summed E-state index contributed by atoms with van der Waals surface area (Å²) in [6.07, 6.45) is 14.3. The minimum Gasteiger partial charge on any atom is -0.311 e. The summed E-state index contributed by atoms with van der Waals surface area (Å²) < 4.78 is 0. The standard InChI is InChI=1S/2C9H17N.2C2H6/c2*1-8-3-6-10-9(7-8)4-2-5-9;2*1-2/h2*8,10H,2-7H2,1H3;2*1-2H3/t8-;;;/m0.../s1. The van der Waals surface area contributed by atoms with Crippen LogP contribution in [0.3, 0.4) is 0 Å². The Hall–Kier alpha value is -0.0800. The van der Waals surface area contributed by atoms with Gasteiger partial charge in [-0.1, -0.05) is 41.5 Å². The molecule has 2 nitrogen and oxygen atoms in total. The Morgan fingerprint density at radius 3 is 1.12 bits per heavy atom. The van der Waals surface area contributed by atoms with Gasteiger partial charge in [0.05, 0.1) is 0 Å². The molecule has 2 atom stereocenters. The first-order valence-electron chi connectivity index (χ1n) is 11.1. The van der Waals surface area contributed by atoms with Crippen molar-refractivity contribution in [2.45, 2.75) is 117 Å². The van der Waals surface area contributed by atoms with Crippen molar-refractivity contribution in [2.24, 2.45) is 11.8 Å². The number of piperidine rings is 2. The average Bonchev–Trinajstić information content (AvgIpc) is 2.56. The first-order valence-corrected chi connectivity index (χ1v) is 11.1. The van der Waals surface area contributed by atoms with Crippen LogP contribution in [0, 0.1) is 11.8 Å². The van der Waals surface area contributed by atoms with Gasteiger partial charge in [-0.2, -0.15) is 0 Å². The van der Waals surface area contributed by atoms with Crippen molar-refractivity contribution in [2.75, 3.05) is 13.1 Å². The van der Waals surface area contributed by atoms with E-state index in [-0.39, 0.29) is 0 Å². The monoisotopic (exact) mass is 338 g/mol. The molecule has 0 bridgehead atoms. The van der Waals surface area contributed by atoms with Gasteiger partial charge < -0.3 is 10.6 Å². The summed E-state index contributed by atoms with van der Waals surface area (Å²) in [5.41, 5.74) is 1.25. The van der Waals surface area contributed by atoms with Crippen LogP contribution in [-0.2, 0) is 0 Å². The van der Waals surface area contributed by atoms with Gasteiger partial charge in [-0.05, 0) is 89.1 Å². The van der Waals surface area contributed by atoms with E-state index in [0.717, 1.165) is 11.8 Å². The summed E-state index contributed by atoms with van der Waals surface area (Å²) in [5.74, 6) is 1.95. The third-order valence-electron chi connectivity index (χ3n) is 6.37. The molecule has 24 heavy (non-hydrogen) atoms. The van der Waals surface area contributed by atoms with E-state index < -0.39 is 0 Å². The van der Waals surface area contributed by atoms with E-state index in [0.29, 0.717) is 11.1 Å². The molecule has 2 aliphatic carbocycles. The quantitative estimate of drug-likeness (QED) is 0.574. The molecule has 0 aromatic carbocycles. The van der Waals surface area contributed by atoms with Crippen LogP contribution >= 0.6 is 0 Å². The highest BCUT2D eigenvalue weighted by molar-refractivity contribution is 4.99. The largest absolute Gasteiger partial charge is 0.311 e. The lowest BCUT2D eigenvalue weighted by molar-refractivity contribution is 0.113. The van der Waals surface area contributed by atoms with Gasteiger partial charge in [0.15, 0.2) is 0 Å². The summed E-state index contributed by atoms with van der Waals surface area (Å²) in [5, 5.41) is 7.32. The highest BCUT2D eigenvalue weighted by atomic mass is 15.0. The fraction of sp³-hybridized carbons (Fsp3) is 1.00. The van der Waals surface area contributed by atoms with Crippen LogP contribution in [0.1, 0.15) is 106 Å². The Morgan fingerprint density at radius 2 is 0.958 bits per heavy atom. The Balaban J connectivity index is 0.000000199. The molecule has 4 aliphatic rings. The Kier molecular flexibility index (Phi) is 9.89. The lowest BCUT2D eigenvalue weighted by Gasteiger charge is -2.47. The van der Waals surface area contributed by atoms with Crippen molar-refractivity contribution in [1.82, 2.24) is 10.6 Å². The van der Waals surface area contributed by atoms with Crippen molar-refractivity contribution in [3.05, 3.63) is 0 Å². The lowest BCUT2D eigenvalue weighted by atomic mass is 9.69. The highest BCUT2D eigenvalue weighted by Crippen LogP contribution is 2.40. The van der Waals surface area contributed by atoms with Crippen LogP contribution in [0.2, 0.25) is 0 Å². The predicted molar refractivity (Wildman–Crippen MR) is 109 cm³/mol. The first-order chi connectivity index (χ1) is 11.6. The Morgan fingerprint density at radius 1 is 0.625 bits per heavy atom. The molecule has 1 unspecified atom stereocenters. The van der Waals surface area contributed by atoms with Crippen molar-refractivity contribution in [3.8, 4) is 0 Å². The molecule has 4 rings (SSSR count). The van der Waals surface area contributed by atoms with Gasteiger partial charge in [-0.15, -0.1) is 0 Å². The minimum atomic E-state index is 0.623. The molecule has 2 heteroatoms. The van der Waals surface area contributed by atoms with E-state index in [1.165, 1.54) is 77.3 Å². The van der Waals surface area contributed by atoms with Gasteiger partial charge in [0.2, 0.25) is 0 Å². The van der Waals surface area contributed by atoms with Crippen LogP contribution in [0.4, 0.5) is 0 Å². The second kappa shape index (κ2) is 10.8. The van der Waals surface area contributed by atoms with E-state index in [1.54, 1.807) is 0 Å². The summed E-state index contributed by atoms with van der Waals surface area (Å²) in [7, 11) is 0. The second-order valence-corrected chi connectivity index (χ2v) is 8.32. The average molecular weight is 339 g/mol. The van der Waals surface area contributed by atoms with Crippen LogP contribution < -0.4 is 10.6 Å². The summed E-state index contributed by atoms with van der Waals surface area (Å²) in [4.78, 5) is 0. The van der Waals surface area contributed by atoms with E-state index in [9.17, 15) is 0 Å². The third kappa shape index (κ3) is 6.02. The molecule has 0 aromatic rings. The maximum absolute atomic E-state index is 3.66. The maximum atomic E-state index is 3.66. The van der Waals surface area contributed by atoms with Gasteiger partial charge in [-0.3, -0.25) is 0 Å². The molecule has 0 amide bonds. The zero-order chi connectivity index (χ0) is 18.1. The zero-order valence-corrected chi connectivity index (χ0v) is 17.6. The Bertz CT molecular complexity index is 286. The molecule has 2 saturated heterocycles. The summed E-state index contributed by atoms with van der Waals surface area (Å²) in [6.45, 7) is 15.3. The summed E-state index contributed by atoms with van der Waals surface area (Å²) >= 11 is 0. The normalized spacial score (nSPS) is 31.8. The number of hydrogen-bond donors (Lipinski definition) is 2. The molecule has 2 spiro atoms. The molecular weight excluding hydrogens is 292 g/mol. The van der Waals surface area contributed by atoms with E-state index in [4.69, 9.17) is 0 Å². The highest BCUT2D eigenvalue weighted by Gasteiger charge is 2.40. The maximum Gasteiger partial charge on any atom is 0.0184 e. The van der Waals surface area contributed by atoms with E-state index in [2.05, 4.69) is 24.5 Å². The molecule has 2 heterocycles. The SMILES string of the molecule is CC.CC.CC1CCNC2(CCC2)C1.C[C@H]1CCNC2(CCC2)C1. The number of hydrogen-bond acceptors (Lipinski definition) is 2. The molecule has 4 fully saturated rings. The zero-order valence-electron chi connectivity index (χ0n) is 17.6. The summed E-state index contributed by atoms with van der Waals surface area (Å²) in [6, 6.07) is 0. The van der Waals surface area contributed by atoms with Gasteiger partial charge in [-0.25, -0.2) is 0 Å². The molecule has 144 valence electrons. The fourth-order valence-corrected chi connectivity index (χ4v) is 4.82. The van der Waals surface area contributed by atoms with Crippen LogP contribution in [0.5, 0.6) is 0 Å². The van der Waals surface area contributed by atoms with Gasteiger partial charge in [0, 0.05) is 11.1 Å². The molecule has 0 aromatic heterocycles. The minimum absolute atomic E-state index is 0.623. The van der Waals surface area contributed by atoms with Gasteiger partial charge >= 0.3 is 0 Å². The molecule has 2 saturated carbocycles. The van der Waals surface area contributed by atoms with E-state index in [1.807, 2.05) is 27.7 Å². The smallest absolute Gasteiger partial charge is 0.0184 e. The second-order valence-electron chi connectivity index (χ2n) is 8.32. The molecule has 0 radical (unpaired) electrons. The fourth-order valence-electron chi connectivity index (χ4n) is 4.82. The number of rotatable bonds is 0. The Labute approximate surface area is 152 Å². The van der Waals surface area contributed by atoms with Crippen molar-refractivity contribution in [1.29, 1.82) is 0 Å². The molecular formula is C22H46N2. The van der Waals surface area contributed by atoms with Gasteiger partial charge in [0.25, 0.3) is 0 Å². The predicted octanol–water partition coefficient (Wildman–Crippen LogP) is 5.91. The lowest BCUT2D eigenvalue weighted by Crippen LogP contribution is -2.55. The van der Waals surface area contributed by atoms with E-state index >= 15 is 0 Å². The molecule has 2 aliphatic heterocycles. The van der Waals surface area contributed by atoms with Crippen LogP contribution in [0.15, 0.2) is 0 Å². The van der Waals surface area contributed by atoms with Crippen LogP contribution in [-0.4, -0.2) is 24.2 Å². The van der Waals surface area contributed by atoms with Gasteiger partial charge in [0.1, 0.15) is 0 Å². The number of nitrogens with one attached hydrogen (secondary N) is 2. The van der Waals surface area contributed by atoms with Crippen molar-refractivity contribution >= 4 is 0 Å².